The third-order valence-corrected chi connectivity index (χ3v) is 5.70. The van der Waals surface area contributed by atoms with E-state index in [1.54, 1.807) is 41.3 Å². The summed E-state index contributed by atoms with van der Waals surface area (Å²) < 4.78 is 0. The van der Waals surface area contributed by atoms with Crippen molar-refractivity contribution in [1.29, 1.82) is 0 Å². The van der Waals surface area contributed by atoms with Gasteiger partial charge in [0.2, 0.25) is 11.8 Å². The highest BCUT2D eigenvalue weighted by atomic mass is 35.5. The molecule has 2 aliphatic rings. The van der Waals surface area contributed by atoms with Gasteiger partial charge in [0.1, 0.15) is 12.6 Å². The number of carbonyl (C=O) groups excluding carboxylic acids is 3. The van der Waals surface area contributed by atoms with Crippen LogP contribution in [0.2, 0.25) is 5.02 Å². The second-order valence-electron chi connectivity index (χ2n) is 7.35. The first kappa shape index (κ1) is 19.5. The van der Waals surface area contributed by atoms with Gasteiger partial charge < -0.3 is 15.1 Å². The highest BCUT2D eigenvalue weighted by Gasteiger charge is 2.40. The minimum absolute atomic E-state index is 0.124. The maximum atomic E-state index is 13.3. The first-order valence-corrected chi connectivity index (χ1v) is 10.1. The largest absolute Gasteiger partial charge is 0.350 e. The Balaban J connectivity index is 1.55. The molecule has 0 radical (unpaired) electrons. The van der Waals surface area contributed by atoms with E-state index in [2.05, 4.69) is 5.32 Å². The predicted molar refractivity (Wildman–Crippen MR) is 111 cm³/mol. The third kappa shape index (κ3) is 3.98. The number of hydrogen-bond donors (Lipinski definition) is 1. The number of rotatable bonds is 4. The van der Waals surface area contributed by atoms with E-state index in [1.165, 1.54) is 4.90 Å². The second kappa shape index (κ2) is 8.25. The van der Waals surface area contributed by atoms with Crippen molar-refractivity contribution in [2.45, 2.75) is 31.8 Å². The first-order chi connectivity index (χ1) is 14.0. The standard InChI is InChI=1S/C22H22ClN3O3/c23-16-10-8-15(9-11-16)13-24-20(27)14-26-18-6-2-1-5-17(18)21(28)25-12-4-3-7-19(25)22(26)29/h1-2,5-6,8-11,19H,3-4,7,12-14H2,(H,24,27). The number of nitrogens with one attached hydrogen (secondary N) is 1. The molecule has 0 bridgehead atoms. The van der Waals surface area contributed by atoms with Gasteiger partial charge in [-0.05, 0) is 49.1 Å². The molecule has 1 fully saturated rings. The molecule has 0 spiro atoms. The average Bonchev–Trinajstić information content (AvgIpc) is 2.83. The van der Waals surface area contributed by atoms with Gasteiger partial charge in [0.15, 0.2) is 0 Å². The zero-order valence-corrected chi connectivity index (χ0v) is 16.7. The summed E-state index contributed by atoms with van der Waals surface area (Å²) in [5.74, 6) is -0.604. The molecule has 7 heteroatoms. The van der Waals surface area contributed by atoms with Crippen molar-refractivity contribution in [3.63, 3.8) is 0 Å². The Bertz CT molecular complexity index is 945. The van der Waals surface area contributed by atoms with Crippen molar-refractivity contribution in [2.24, 2.45) is 0 Å². The quantitative estimate of drug-likeness (QED) is 0.840. The van der Waals surface area contributed by atoms with E-state index < -0.39 is 6.04 Å². The highest BCUT2D eigenvalue weighted by molar-refractivity contribution is 6.30. The number of benzene rings is 2. The molecular formula is C22H22ClN3O3. The molecule has 2 aromatic rings. The molecule has 150 valence electrons. The number of nitrogens with zero attached hydrogens (tertiary/aromatic N) is 2. The van der Waals surface area contributed by atoms with Gasteiger partial charge in [-0.2, -0.15) is 0 Å². The van der Waals surface area contributed by atoms with Crippen LogP contribution in [0.1, 0.15) is 35.2 Å². The van der Waals surface area contributed by atoms with E-state index in [-0.39, 0.29) is 24.3 Å². The van der Waals surface area contributed by atoms with Gasteiger partial charge in [-0.15, -0.1) is 0 Å². The summed E-state index contributed by atoms with van der Waals surface area (Å²) in [7, 11) is 0. The monoisotopic (exact) mass is 411 g/mol. The van der Waals surface area contributed by atoms with Crippen molar-refractivity contribution in [3.8, 4) is 0 Å². The van der Waals surface area contributed by atoms with Gasteiger partial charge >= 0.3 is 0 Å². The summed E-state index contributed by atoms with van der Waals surface area (Å²) in [6.45, 7) is 0.787. The minimum Gasteiger partial charge on any atom is -0.350 e. The zero-order chi connectivity index (χ0) is 20.4. The lowest BCUT2D eigenvalue weighted by atomic mass is 10.0. The van der Waals surface area contributed by atoms with Gasteiger partial charge in [0.05, 0.1) is 11.3 Å². The van der Waals surface area contributed by atoms with E-state index in [0.29, 0.717) is 35.8 Å². The number of carbonyl (C=O) groups is 3. The van der Waals surface area contributed by atoms with Crippen molar-refractivity contribution >= 4 is 35.0 Å². The fourth-order valence-corrected chi connectivity index (χ4v) is 4.07. The number of hydrogen-bond acceptors (Lipinski definition) is 3. The van der Waals surface area contributed by atoms with E-state index in [0.717, 1.165) is 18.4 Å². The summed E-state index contributed by atoms with van der Waals surface area (Å²) in [5, 5.41) is 3.48. The van der Waals surface area contributed by atoms with E-state index in [4.69, 9.17) is 11.6 Å². The maximum Gasteiger partial charge on any atom is 0.256 e. The van der Waals surface area contributed by atoms with Crippen molar-refractivity contribution < 1.29 is 14.4 Å². The van der Waals surface area contributed by atoms with Crippen molar-refractivity contribution in [2.75, 3.05) is 18.0 Å². The summed E-state index contributed by atoms with van der Waals surface area (Å²) in [6.07, 6.45) is 2.41. The molecule has 6 nitrogen and oxygen atoms in total. The second-order valence-corrected chi connectivity index (χ2v) is 7.79. The molecule has 1 unspecified atom stereocenters. The van der Waals surface area contributed by atoms with Gasteiger partial charge in [-0.25, -0.2) is 0 Å². The van der Waals surface area contributed by atoms with Crippen molar-refractivity contribution in [1.82, 2.24) is 10.2 Å². The van der Waals surface area contributed by atoms with E-state index in [1.807, 2.05) is 12.1 Å². The fraction of sp³-hybridized carbons (Fsp3) is 0.318. The average molecular weight is 412 g/mol. The molecule has 1 saturated heterocycles. The number of anilines is 1. The van der Waals surface area contributed by atoms with Crippen LogP contribution in [-0.2, 0) is 16.1 Å². The molecule has 3 amide bonds. The van der Waals surface area contributed by atoms with Crippen LogP contribution in [-0.4, -0.2) is 41.8 Å². The number of halogens is 1. The Morgan fingerprint density at radius 1 is 1.07 bits per heavy atom. The van der Waals surface area contributed by atoms with Crippen LogP contribution in [0.3, 0.4) is 0 Å². The maximum absolute atomic E-state index is 13.3. The Labute approximate surface area is 174 Å². The van der Waals surface area contributed by atoms with Crippen LogP contribution in [0.4, 0.5) is 5.69 Å². The number of para-hydroxylation sites is 1. The lowest BCUT2D eigenvalue weighted by Crippen LogP contribution is -2.52. The SMILES string of the molecule is O=C(CN1C(=O)C2CCCCN2C(=O)c2ccccc21)NCc1ccc(Cl)cc1. The molecule has 0 aliphatic carbocycles. The summed E-state index contributed by atoms with van der Waals surface area (Å²) in [6, 6.07) is 13.7. The Kier molecular flexibility index (Phi) is 5.53. The lowest BCUT2D eigenvalue weighted by molar-refractivity contribution is -0.126. The van der Waals surface area contributed by atoms with Crippen LogP contribution < -0.4 is 10.2 Å². The summed E-state index contributed by atoms with van der Waals surface area (Å²) >= 11 is 5.89. The summed E-state index contributed by atoms with van der Waals surface area (Å²) in [5.41, 5.74) is 1.88. The van der Waals surface area contributed by atoms with E-state index >= 15 is 0 Å². The molecule has 2 aliphatic heterocycles. The summed E-state index contributed by atoms with van der Waals surface area (Å²) in [4.78, 5) is 42.0. The molecule has 2 aromatic carbocycles. The van der Waals surface area contributed by atoms with Crippen LogP contribution in [0.15, 0.2) is 48.5 Å². The third-order valence-electron chi connectivity index (χ3n) is 5.44. The number of amides is 3. The van der Waals surface area contributed by atoms with Gasteiger partial charge in [0.25, 0.3) is 5.91 Å². The van der Waals surface area contributed by atoms with Gasteiger partial charge in [-0.1, -0.05) is 35.9 Å². The molecule has 1 N–H and O–H groups in total. The van der Waals surface area contributed by atoms with Gasteiger partial charge in [-0.3, -0.25) is 14.4 Å². The van der Waals surface area contributed by atoms with Crippen LogP contribution in [0, 0.1) is 0 Å². The topological polar surface area (TPSA) is 69.7 Å². The van der Waals surface area contributed by atoms with Crippen LogP contribution in [0.5, 0.6) is 0 Å². The molecule has 4 rings (SSSR count). The van der Waals surface area contributed by atoms with Crippen LogP contribution in [0.25, 0.3) is 0 Å². The van der Waals surface area contributed by atoms with E-state index in [9.17, 15) is 14.4 Å². The fourth-order valence-electron chi connectivity index (χ4n) is 3.94. The zero-order valence-electron chi connectivity index (χ0n) is 15.9. The Morgan fingerprint density at radius 3 is 2.62 bits per heavy atom. The Morgan fingerprint density at radius 2 is 1.83 bits per heavy atom. The molecular weight excluding hydrogens is 390 g/mol. The molecule has 1 atom stereocenters. The number of piperidine rings is 1. The lowest BCUT2D eigenvalue weighted by Gasteiger charge is -2.34. The molecule has 0 saturated carbocycles. The highest BCUT2D eigenvalue weighted by Crippen LogP contribution is 2.31. The normalized spacial score (nSPS) is 18.7. The predicted octanol–water partition coefficient (Wildman–Crippen LogP) is 3.00. The molecule has 29 heavy (non-hydrogen) atoms. The molecule has 2 heterocycles. The first-order valence-electron chi connectivity index (χ1n) is 9.77. The number of fused-ring (bicyclic) bond motifs is 2. The van der Waals surface area contributed by atoms with Crippen LogP contribution >= 0.6 is 11.6 Å². The molecule has 0 aromatic heterocycles. The van der Waals surface area contributed by atoms with Crippen molar-refractivity contribution in [3.05, 3.63) is 64.7 Å². The Hall–Kier alpha value is -2.86. The smallest absolute Gasteiger partial charge is 0.256 e. The minimum atomic E-state index is -0.507. The van der Waals surface area contributed by atoms with Gasteiger partial charge in [0, 0.05) is 18.1 Å².